The van der Waals surface area contributed by atoms with E-state index in [-0.39, 0.29) is 5.96 Å². The van der Waals surface area contributed by atoms with Crippen molar-refractivity contribution in [2.75, 3.05) is 0 Å². The molecule has 76 valence electrons. The Bertz CT molecular complexity index is 201. The third kappa shape index (κ3) is 4.32. The van der Waals surface area contributed by atoms with Gasteiger partial charge in [-0.05, 0) is 6.42 Å². The molecule has 0 aromatic heterocycles. The molecule has 0 aliphatic rings. The summed E-state index contributed by atoms with van der Waals surface area (Å²) >= 11 is 0. The molecule has 0 spiro atoms. The van der Waals surface area contributed by atoms with Crippen molar-refractivity contribution in [3.63, 3.8) is 0 Å². The lowest BCUT2D eigenvalue weighted by atomic mass is 10.1. The minimum absolute atomic E-state index is 0.129. The number of nitrogens with two attached hydrogens (primary N) is 3. The molecule has 2 atom stereocenters. The van der Waals surface area contributed by atoms with Gasteiger partial charge in [-0.25, -0.2) is 4.99 Å². The lowest BCUT2D eigenvalue weighted by Crippen LogP contribution is -2.42. The van der Waals surface area contributed by atoms with Gasteiger partial charge in [0, 0.05) is 0 Å². The normalized spacial score (nSPS) is 14.6. The maximum absolute atomic E-state index is 10.5. The lowest BCUT2D eigenvalue weighted by Gasteiger charge is -2.15. The van der Waals surface area contributed by atoms with Crippen LogP contribution in [0.3, 0.4) is 0 Å². The van der Waals surface area contributed by atoms with Gasteiger partial charge in [0.2, 0.25) is 0 Å². The Labute approximate surface area is 76.8 Å². The first-order chi connectivity index (χ1) is 5.99. The number of carboxylic acid groups (broad SMARTS) is 1. The van der Waals surface area contributed by atoms with E-state index in [1.165, 1.54) is 0 Å². The molecule has 0 radical (unpaired) electrons. The minimum atomic E-state index is -1.09. The SMILES string of the molecule is CCCC(N=C(N)N)C(N)C(=O)O. The minimum Gasteiger partial charge on any atom is -0.480 e. The van der Waals surface area contributed by atoms with Crippen LogP contribution < -0.4 is 17.2 Å². The van der Waals surface area contributed by atoms with Gasteiger partial charge in [-0.15, -0.1) is 0 Å². The third-order valence-corrected chi connectivity index (χ3v) is 1.60. The van der Waals surface area contributed by atoms with Crippen LogP contribution in [0.2, 0.25) is 0 Å². The van der Waals surface area contributed by atoms with Crippen LogP contribution in [0.1, 0.15) is 19.8 Å². The second-order valence-corrected chi connectivity index (χ2v) is 2.77. The molecule has 7 N–H and O–H groups in total. The fourth-order valence-corrected chi connectivity index (χ4v) is 0.976. The van der Waals surface area contributed by atoms with Gasteiger partial charge in [-0.3, -0.25) is 4.79 Å². The van der Waals surface area contributed by atoms with Crippen LogP contribution in [-0.2, 0) is 4.79 Å². The summed E-state index contributed by atoms with van der Waals surface area (Å²) < 4.78 is 0. The smallest absolute Gasteiger partial charge is 0.322 e. The van der Waals surface area contributed by atoms with Crippen molar-refractivity contribution in [3.8, 4) is 0 Å². The van der Waals surface area contributed by atoms with Crippen LogP contribution in [-0.4, -0.2) is 29.1 Å². The first-order valence-electron chi connectivity index (χ1n) is 4.06. The number of hydrogen-bond donors (Lipinski definition) is 4. The van der Waals surface area contributed by atoms with E-state index in [0.29, 0.717) is 6.42 Å². The summed E-state index contributed by atoms with van der Waals surface area (Å²) in [7, 11) is 0. The van der Waals surface area contributed by atoms with Crippen LogP contribution >= 0.6 is 0 Å². The Hall–Kier alpha value is -1.30. The van der Waals surface area contributed by atoms with Crippen LogP contribution in [0, 0.1) is 0 Å². The van der Waals surface area contributed by atoms with E-state index < -0.39 is 18.1 Å². The summed E-state index contributed by atoms with van der Waals surface area (Å²) in [5, 5.41) is 8.62. The molecular weight excluding hydrogens is 172 g/mol. The Morgan fingerprint density at radius 3 is 2.38 bits per heavy atom. The van der Waals surface area contributed by atoms with E-state index in [1.54, 1.807) is 0 Å². The van der Waals surface area contributed by atoms with E-state index in [2.05, 4.69) is 4.99 Å². The topological polar surface area (TPSA) is 128 Å². The van der Waals surface area contributed by atoms with Crippen molar-refractivity contribution < 1.29 is 9.90 Å². The van der Waals surface area contributed by atoms with E-state index in [9.17, 15) is 4.79 Å². The van der Waals surface area contributed by atoms with Gasteiger partial charge < -0.3 is 22.3 Å². The Balaban J connectivity index is 4.41. The van der Waals surface area contributed by atoms with Crippen LogP contribution in [0.5, 0.6) is 0 Å². The summed E-state index contributed by atoms with van der Waals surface area (Å²) in [5.74, 6) is -1.22. The standard InChI is InChI=1S/C7H16N4O2/c1-2-3-4(11-7(9)10)5(8)6(12)13/h4-5H,2-3,8H2,1H3,(H,12,13)(H4,9,10,11). The van der Waals surface area contributed by atoms with Gasteiger partial charge in [0.05, 0.1) is 6.04 Å². The molecule has 0 aliphatic carbocycles. The molecule has 0 rings (SSSR count). The number of aliphatic carboxylic acids is 1. The molecule has 0 saturated heterocycles. The summed E-state index contributed by atoms with van der Waals surface area (Å²) in [6, 6.07) is -1.57. The van der Waals surface area contributed by atoms with Gasteiger partial charge in [0.1, 0.15) is 6.04 Å². The molecule has 0 aliphatic heterocycles. The van der Waals surface area contributed by atoms with E-state index in [0.717, 1.165) is 6.42 Å². The molecule has 0 aromatic rings. The highest BCUT2D eigenvalue weighted by Crippen LogP contribution is 2.05. The van der Waals surface area contributed by atoms with Gasteiger partial charge in [-0.1, -0.05) is 13.3 Å². The molecule has 0 amide bonds. The Morgan fingerprint density at radius 1 is 1.54 bits per heavy atom. The highest BCUT2D eigenvalue weighted by atomic mass is 16.4. The molecule has 13 heavy (non-hydrogen) atoms. The lowest BCUT2D eigenvalue weighted by molar-refractivity contribution is -0.139. The maximum atomic E-state index is 10.5. The fourth-order valence-electron chi connectivity index (χ4n) is 0.976. The second-order valence-electron chi connectivity index (χ2n) is 2.77. The number of guanidine groups is 1. The zero-order chi connectivity index (χ0) is 10.4. The van der Waals surface area contributed by atoms with Crippen LogP contribution in [0.15, 0.2) is 4.99 Å². The largest absolute Gasteiger partial charge is 0.480 e. The van der Waals surface area contributed by atoms with E-state index in [4.69, 9.17) is 22.3 Å². The highest BCUT2D eigenvalue weighted by Gasteiger charge is 2.22. The van der Waals surface area contributed by atoms with Crippen molar-refractivity contribution in [1.82, 2.24) is 0 Å². The van der Waals surface area contributed by atoms with Crippen molar-refractivity contribution in [3.05, 3.63) is 0 Å². The van der Waals surface area contributed by atoms with Gasteiger partial charge in [-0.2, -0.15) is 0 Å². The van der Waals surface area contributed by atoms with Crippen LogP contribution in [0.25, 0.3) is 0 Å². The summed E-state index contributed by atoms with van der Waals surface area (Å²) in [6.45, 7) is 1.91. The van der Waals surface area contributed by atoms with Gasteiger partial charge in [0.15, 0.2) is 5.96 Å². The Morgan fingerprint density at radius 2 is 2.08 bits per heavy atom. The number of rotatable bonds is 5. The first kappa shape index (κ1) is 11.7. The average molecular weight is 188 g/mol. The van der Waals surface area contributed by atoms with Crippen molar-refractivity contribution in [2.24, 2.45) is 22.2 Å². The first-order valence-corrected chi connectivity index (χ1v) is 4.06. The zero-order valence-corrected chi connectivity index (χ0v) is 7.60. The maximum Gasteiger partial charge on any atom is 0.322 e. The van der Waals surface area contributed by atoms with E-state index >= 15 is 0 Å². The monoisotopic (exact) mass is 188 g/mol. The molecule has 0 saturated carbocycles. The molecule has 0 aromatic carbocycles. The molecule has 2 unspecified atom stereocenters. The molecular formula is C7H16N4O2. The Kier molecular flexibility index (Phi) is 4.83. The van der Waals surface area contributed by atoms with E-state index in [1.807, 2.05) is 6.92 Å². The second kappa shape index (κ2) is 5.36. The summed E-state index contributed by atoms with van der Waals surface area (Å²) in [4.78, 5) is 14.3. The molecule has 0 heterocycles. The fraction of sp³-hybridized carbons (Fsp3) is 0.714. The summed E-state index contributed by atoms with van der Waals surface area (Å²) in [5.41, 5.74) is 15.7. The van der Waals surface area contributed by atoms with Crippen molar-refractivity contribution in [2.45, 2.75) is 31.8 Å². The molecule has 0 fully saturated rings. The third-order valence-electron chi connectivity index (χ3n) is 1.60. The number of carbonyl (C=O) groups is 1. The molecule has 6 heteroatoms. The van der Waals surface area contributed by atoms with Crippen molar-refractivity contribution >= 4 is 11.9 Å². The average Bonchev–Trinajstić information content (AvgIpc) is 2.01. The summed E-state index contributed by atoms with van der Waals surface area (Å²) in [6.07, 6.45) is 1.34. The number of nitrogens with zero attached hydrogens (tertiary/aromatic N) is 1. The van der Waals surface area contributed by atoms with Crippen molar-refractivity contribution in [1.29, 1.82) is 0 Å². The molecule has 6 nitrogen and oxygen atoms in total. The van der Waals surface area contributed by atoms with Gasteiger partial charge in [0.25, 0.3) is 0 Å². The predicted octanol–water partition coefficient (Wildman–Crippen LogP) is -1.16. The number of carboxylic acids is 1. The number of hydrogen-bond acceptors (Lipinski definition) is 3. The quantitative estimate of drug-likeness (QED) is 0.319. The van der Waals surface area contributed by atoms with Crippen LogP contribution in [0.4, 0.5) is 0 Å². The predicted molar refractivity (Wildman–Crippen MR) is 50.1 cm³/mol. The highest BCUT2D eigenvalue weighted by molar-refractivity contribution is 5.78. The van der Waals surface area contributed by atoms with Gasteiger partial charge >= 0.3 is 5.97 Å². The zero-order valence-electron chi connectivity index (χ0n) is 7.60. The number of aliphatic imine (C=N–C) groups is 1. The molecule has 0 bridgehead atoms.